The zero-order valence-electron chi connectivity index (χ0n) is 16.4. The van der Waals surface area contributed by atoms with Crippen LogP contribution in [0.25, 0.3) is 17.1 Å². The summed E-state index contributed by atoms with van der Waals surface area (Å²) in [4.78, 5) is 18.9. The van der Waals surface area contributed by atoms with Crippen LogP contribution in [0.15, 0.2) is 60.0 Å². The van der Waals surface area contributed by atoms with Gasteiger partial charge in [-0.05, 0) is 37.1 Å². The monoisotopic (exact) mass is 407 g/mol. The van der Waals surface area contributed by atoms with E-state index in [0.29, 0.717) is 5.75 Å². The molecule has 1 aliphatic rings. The van der Waals surface area contributed by atoms with Crippen molar-refractivity contribution in [3.05, 3.63) is 54.9 Å². The average Bonchev–Trinajstić information content (AvgIpc) is 3.17. The third-order valence-electron chi connectivity index (χ3n) is 5.12. The fourth-order valence-electron chi connectivity index (χ4n) is 3.58. The molecule has 0 bridgehead atoms. The van der Waals surface area contributed by atoms with Crippen LogP contribution in [-0.2, 0) is 4.79 Å². The minimum atomic E-state index is 0.185. The number of hydrogen-bond acceptors (Lipinski definition) is 5. The van der Waals surface area contributed by atoms with Crippen molar-refractivity contribution >= 4 is 17.7 Å². The SMILES string of the molecule is O=C(CSc1nnc(-c2ccncc2)n1-c1ccccc1)N1CCCCCCC1. The number of pyridine rings is 1. The molecule has 4 rings (SSSR count). The lowest BCUT2D eigenvalue weighted by Gasteiger charge is -2.24. The summed E-state index contributed by atoms with van der Waals surface area (Å²) in [6, 6.07) is 13.9. The Morgan fingerprint density at radius 1 is 0.897 bits per heavy atom. The summed E-state index contributed by atoms with van der Waals surface area (Å²) in [5, 5.41) is 9.55. The van der Waals surface area contributed by atoms with Gasteiger partial charge in [-0.15, -0.1) is 10.2 Å². The summed E-state index contributed by atoms with van der Waals surface area (Å²) >= 11 is 1.45. The summed E-state index contributed by atoms with van der Waals surface area (Å²) in [6.07, 6.45) is 9.42. The number of hydrogen-bond donors (Lipinski definition) is 0. The summed E-state index contributed by atoms with van der Waals surface area (Å²) in [5.41, 5.74) is 1.92. The molecule has 2 aromatic heterocycles. The van der Waals surface area contributed by atoms with Gasteiger partial charge >= 0.3 is 0 Å². The number of rotatable bonds is 5. The van der Waals surface area contributed by atoms with Crippen molar-refractivity contribution in [1.82, 2.24) is 24.6 Å². The maximum Gasteiger partial charge on any atom is 0.233 e. The molecule has 1 saturated heterocycles. The molecular weight excluding hydrogens is 382 g/mol. The van der Waals surface area contributed by atoms with Gasteiger partial charge in [0.25, 0.3) is 0 Å². The van der Waals surface area contributed by atoms with E-state index in [4.69, 9.17) is 0 Å². The highest BCUT2D eigenvalue weighted by atomic mass is 32.2. The highest BCUT2D eigenvalue weighted by molar-refractivity contribution is 7.99. The number of benzene rings is 1. The average molecular weight is 408 g/mol. The van der Waals surface area contributed by atoms with E-state index in [2.05, 4.69) is 15.2 Å². The summed E-state index contributed by atoms with van der Waals surface area (Å²) in [6.45, 7) is 1.74. The first kappa shape index (κ1) is 19.6. The van der Waals surface area contributed by atoms with Crippen molar-refractivity contribution in [3.63, 3.8) is 0 Å². The first-order valence-corrected chi connectivity index (χ1v) is 11.1. The molecule has 1 amide bonds. The Morgan fingerprint density at radius 3 is 2.31 bits per heavy atom. The number of nitrogens with zero attached hydrogens (tertiary/aromatic N) is 5. The van der Waals surface area contributed by atoms with Gasteiger partial charge in [-0.25, -0.2) is 0 Å². The molecule has 0 spiro atoms. The fraction of sp³-hybridized carbons (Fsp3) is 0.364. The van der Waals surface area contributed by atoms with Crippen LogP contribution >= 0.6 is 11.8 Å². The maximum atomic E-state index is 12.8. The van der Waals surface area contributed by atoms with Gasteiger partial charge in [-0.3, -0.25) is 14.3 Å². The molecule has 6 nitrogen and oxygen atoms in total. The Balaban J connectivity index is 1.56. The van der Waals surface area contributed by atoms with Crippen LogP contribution < -0.4 is 0 Å². The van der Waals surface area contributed by atoms with E-state index in [1.807, 2.05) is 51.9 Å². The van der Waals surface area contributed by atoms with E-state index in [1.165, 1.54) is 31.0 Å². The molecule has 3 aromatic rings. The van der Waals surface area contributed by atoms with Gasteiger partial charge in [-0.2, -0.15) is 0 Å². The Morgan fingerprint density at radius 2 is 1.59 bits per heavy atom. The lowest BCUT2D eigenvalue weighted by atomic mass is 10.1. The number of aromatic nitrogens is 4. The van der Waals surface area contributed by atoms with E-state index in [0.717, 1.165) is 48.2 Å². The Bertz CT molecular complexity index is 921. The third kappa shape index (κ3) is 4.85. The van der Waals surface area contributed by atoms with Gasteiger partial charge < -0.3 is 4.90 Å². The lowest BCUT2D eigenvalue weighted by molar-refractivity contribution is -0.128. The molecule has 1 aromatic carbocycles. The van der Waals surface area contributed by atoms with Gasteiger partial charge in [0.05, 0.1) is 5.75 Å². The van der Waals surface area contributed by atoms with Crippen LogP contribution in [0, 0.1) is 0 Å². The van der Waals surface area contributed by atoms with Gasteiger partial charge in [0.15, 0.2) is 11.0 Å². The molecule has 150 valence electrons. The largest absolute Gasteiger partial charge is 0.342 e. The summed E-state index contributed by atoms with van der Waals surface area (Å²) in [5.74, 6) is 1.31. The Hall–Kier alpha value is -2.67. The number of thioether (sulfide) groups is 1. The van der Waals surface area contributed by atoms with Gasteiger partial charge in [-0.1, -0.05) is 49.2 Å². The van der Waals surface area contributed by atoms with Gasteiger partial charge in [0, 0.05) is 36.7 Å². The van der Waals surface area contributed by atoms with Crippen LogP contribution in [-0.4, -0.2) is 49.4 Å². The first-order chi connectivity index (χ1) is 14.3. The predicted octanol–water partition coefficient (Wildman–Crippen LogP) is 4.21. The second-order valence-corrected chi connectivity index (χ2v) is 8.09. The Kier molecular flexibility index (Phi) is 6.56. The van der Waals surface area contributed by atoms with Crippen LogP contribution in [0.3, 0.4) is 0 Å². The number of amides is 1. The van der Waals surface area contributed by atoms with Crippen LogP contribution in [0.2, 0.25) is 0 Å². The predicted molar refractivity (Wildman–Crippen MR) is 115 cm³/mol. The molecule has 29 heavy (non-hydrogen) atoms. The molecule has 0 atom stereocenters. The van der Waals surface area contributed by atoms with E-state index >= 15 is 0 Å². The molecule has 0 aliphatic carbocycles. The molecule has 0 unspecified atom stereocenters. The van der Waals surface area contributed by atoms with Gasteiger partial charge in [0.2, 0.25) is 5.91 Å². The topological polar surface area (TPSA) is 63.9 Å². The maximum absolute atomic E-state index is 12.8. The number of para-hydroxylation sites is 1. The molecule has 1 fully saturated rings. The zero-order valence-corrected chi connectivity index (χ0v) is 17.2. The number of carbonyl (C=O) groups is 1. The van der Waals surface area contributed by atoms with Crippen LogP contribution in [0.4, 0.5) is 0 Å². The van der Waals surface area contributed by atoms with E-state index in [9.17, 15) is 4.79 Å². The summed E-state index contributed by atoms with van der Waals surface area (Å²) in [7, 11) is 0. The molecule has 7 heteroatoms. The molecule has 0 saturated carbocycles. The third-order valence-corrected chi connectivity index (χ3v) is 6.03. The van der Waals surface area contributed by atoms with E-state index in [-0.39, 0.29) is 5.91 Å². The second-order valence-electron chi connectivity index (χ2n) is 7.15. The van der Waals surface area contributed by atoms with Crippen molar-refractivity contribution < 1.29 is 4.79 Å². The standard InChI is InChI=1S/C22H25N5OS/c28-20(26-15-7-2-1-3-8-16-26)17-29-22-25-24-21(18-11-13-23-14-12-18)27(22)19-9-5-4-6-10-19/h4-6,9-14H,1-3,7-8,15-17H2. The normalized spacial score (nSPS) is 15.0. The van der Waals surface area contributed by atoms with Gasteiger partial charge in [0.1, 0.15) is 0 Å². The molecule has 1 aliphatic heterocycles. The van der Waals surface area contributed by atoms with Crippen LogP contribution in [0.1, 0.15) is 32.1 Å². The highest BCUT2D eigenvalue weighted by Crippen LogP contribution is 2.28. The first-order valence-electron chi connectivity index (χ1n) is 10.1. The van der Waals surface area contributed by atoms with Crippen molar-refractivity contribution in [2.75, 3.05) is 18.8 Å². The molecule has 0 radical (unpaired) electrons. The smallest absolute Gasteiger partial charge is 0.233 e. The second kappa shape index (κ2) is 9.69. The van der Waals surface area contributed by atoms with Crippen molar-refractivity contribution in [3.8, 4) is 17.1 Å². The van der Waals surface area contributed by atoms with Crippen molar-refractivity contribution in [2.45, 2.75) is 37.3 Å². The molecule has 3 heterocycles. The quantitative estimate of drug-likeness (QED) is 0.593. The molecule has 0 N–H and O–H groups in total. The highest BCUT2D eigenvalue weighted by Gasteiger charge is 2.19. The van der Waals surface area contributed by atoms with E-state index in [1.54, 1.807) is 12.4 Å². The van der Waals surface area contributed by atoms with Crippen molar-refractivity contribution in [2.24, 2.45) is 0 Å². The summed E-state index contributed by atoms with van der Waals surface area (Å²) < 4.78 is 2.01. The minimum absolute atomic E-state index is 0.185. The lowest BCUT2D eigenvalue weighted by Crippen LogP contribution is -2.35. The minimum Gasteiger partial charge on any atom is -0.342 e. The van der Waals surface area contributed by atoms with Crippen LogP contribution in [0.5, 0.6) is 0 Å². The number of likely N-dealkylation sites (tertiary alicyclic amines) is 1. The van der Waals surface area contributed by atoms with E-state index < -0.39 is 0 Å². The Labute approximate surface area is 175 Å². The zero-order chi connectivity index (χ0) is 19.9. The molecular formula is C22H25N5OS. The van der Waals surface area contributed by atoms with Crippen molar-refractivity contribution in [1.29, 1.82) is 0 Å². The fourth-order valence-corrected chi connectivity index (χ4v) is 4.43. The number of carbonyl (C=O) groups excluding carboxylic acids is 1.